The van der Waals surface area contributed by atoms with Crippen LogP contribution >= 0.6 is 0 Å². The number of nitrogens with zero attached hydrogens (tertiary/aromatic N) is 2. The van der Waals surface area contributed by atoms with E-state index < -0.39 is 0 Å². The Kier molecular flexibility index (Phi) is 6.55. The molecule has 21 heavy (non-hydrogen) atoms. The van der Waals surface area contributed by atoms with Crippen LogP contribution in [0.25, 0.3) is 0 Å². The normalized spacial score (nSPS) is 17.9. The molecular weight excluding hydrogens is 262 g/mol. The van der Waals surface area contributed by atoms with Crippen LogP contribution in [-0.2, 0) is 6.54 Å². The second kappa shape index (κ2) is 8.42. The predicted octanol–water partition coefficient (Wildman–Crippen LogP) is 3.92. The van der Waals surface area contributed by atoms with Crippen molar-refractivity contribution < 1.29 is 4.74 Å². The molecule has 1 atom stereocenters. The van der Waals surface area contributed by atoms with Crippen molar-refractivity contribution in [2.24, 2.45) is 5.92 Å². The smallest absolute Gasteiger partial charge is 0.161 e. The van der Waals surface area contributed by atoms with Gasteiger partial charge in [-0.05, 0) is 32.2 Å². The van der Waals surface area contributed by atoms with E-state index in [0.29, 0.717) is 6.04 Å². The van der Waals surface area contributed by atoms with Crippen molar-refractivity contribution in [2.45, 2.75) is 70.9 Å². The Morgan fingerprint density at radius 2 is 2.14 bits per heavy atom. The van der Waals surface area contributed by atoms with Gasteiger partial charge >= 0.3 is 0 Å². The van der Waals surface area contributed by atoms with Crippen molar-refractivity contribution >= 4 is 0 Å². The number of aromatic nitrogens is 2. The highest BCUT2D eigenvalue weighted by Gasteiger charge is 2.22. The summed E-state index contributed by atoms with van der Waals surface area (Å²) < 4.78 is 7.64. The van der Waals surface area contributed by atoms with Gasteiger partial charge in [-0.2, -0.15) is 5.10 Å². The number of aryl methyl sites for hydroxylation is 1. The number of ether oxygens (including phenoxy) is 1. The number of methoxy groups -OCH3 is 1. The molecule has 1 fully saturated rings. The van der Waals surface area contributed by atoms with Crippen molar-refractivity contribution in [1.82, 2.24) is 15.1 Å². The first-order valence-corrected chi connectivity index (χ1v) is 8.57. The SMILES string of the molecule is CCCn1ncc(OC)c1C(CCC1CCCCC1)NC. The lowest BCUT2D eigenvalue weighted by Gasteiger charge is -2.25. The largest absolute Gasteiger partial charge is 0.493 e. The summed E-state index contributed by atoms with van der Waals surface area (Å²) in [6.45, 7) is 3.15. The molecule has 1 aliphatic rings. The predicted molar refractivity (Wildman–Crippen MR) is 86.7 cm³/mol. The van der Waals surface area contributed by atoms with Crippen LogP contribution in [0.4, 0.5) is 0 Å². The first-order valence-electron chi connectivity index (χ1n) is 8.57. The van der Waals surface area contributed by atoms with Crippen LogP contribution in [0.3, 0.4) is 0 Å². The zero-order valence-electron chi connectivity index (χ0n) is 13.9. The number of hydrogen-bond donors (Lipinski definition) is 1. The molecule has 0 amide bonds. The molecule has 4 heteroatoms. The average molecular weight is 293 g/mol. The maximum absolute atomic E-state index is 5.52. The zero-order chi connectivity index (χ0) is 15.1. The quantitative estimate of drug-likeness (QED) is 0.789. The van der Waals surface area contributed by atoms with Gasteiger partial charge in [0, 0.05) is 6.54 Å². The molecule has 0 radical (unpaired) electrons. The highest BCUT2D eigenvalue weighted by molar-refractivity contribution is 5.28. The van der Waals surface area contributed by atoms with E-state index in [1.807, 2.05) is 13.2 Å². The third-order valence-corrected chi connectivity index (χ3v) is 4.77. The first kappa shape index (κ1) is 16.3. The highest BCUT2D eigenvalue weighted by Crippen LogP contribution is 2.33. The second-order valence-electron chi connectivity index (χ2n) is 6.24. The van der Waals surface area contributed by atoms with E-state index in [1.54, 1.807) is 7.11 Å². The van der Waals surface area contributed by atoms with Crippen LogP contribution in [0.15, 0.2) is 6.20 Å². The Labute approximate surface area is 129 Å². The fraction of sp³-hybridized carbons (Fsp3) is 0.824. The van der Waals surface area contributed by atoms with Crippen LogP contribution in [0, 0.1) is 5.92 Å². The summed E-state index contributed by atoms with van der Waals surface area (Å²) in [6, 6.07) is 0.343. The third kappa shape index (κ3) is 4.22. The summed E-state index contributed by atoms with van der Waals surface area (Å²) in [5, 5.41) is 7.97. The van der Waals surface area contributed by atoms with E-state index in [9.17, 15) is 0 Å². The Morgan fingerprint density at radius 1 is 1.38 bits per heavy atom. The van der Waals surface area contributed by atoms with Gasteiger partial charge < -0.3 is 10.1 Å². The van der Waals surface area contributed by atoms with Gasteiger partial charge in [-0.25, -0.2) is 0 Å². The Bertz CT molecular complexity index is 410. The van der Waals surface area contributed by atoms with Gasteiger partial charge in [-0.1, -0.05) is 39.0 Å². The van der Waals surface area contributed by atoms with Gasteiger partial charge in [0.25, 0.3) is 0 Å². The molecule has 1 aliphatic carbocycles. The van der Waals surface area contributed by atoms with E-state index in [0.717, 1.165) is 24.6 Å². The van der Waals surface area contributed by atoms with Crippen LogP contribution in [0.2, 0.25) is 0 Å². The summed E-state index contributed by atoms with van der Waals surface area (Å²) in [5.41, 5.74) is 1.22. The van der Waals surface area contributed by atoms with E-state index in [2.05, 4.69) is 22.0 Å². The summed E-state index contributed by atoms with van der Waals surface area (Å²) in [7, 11) is 3.79. The van der Waals surface area contributed by atoms with Crippen LogP contribution in [0.5, 0.6) is 5.75 Å². The molecule has 1 heterocycles. The van der Waals surface area contributed by atoms with E-state index in [4.69, 9.17) is 4.74 Å². The fourth-order valence-corrected chi connectivity index (χ4v) is 3.57. The Balaban J connectivity index is 2.03. The molecule has 1 aromatic heterocycles. The third-order valence-electron chi connectivity index (χ3n) is 4.77. The minimum absolute atomic E-state index is 0.343. The van der Waals surface area contributed by atoms with Gasteiger partial charge in [-0.3, -0.25) is 4.68 Å². The van der Waals surface area contributed by atoms with Crippen molar-refractivity contribution in [3.8, 4) is 5.75 Å². The van der Waals surface area contributed by atoms with Crippen LogP contribution < -0.4 is 10.1 Å². The monoisotopic (exact) mass is 293 g/mol. The standard InChI is InChI=1S/C17H31N3O/c1-4-12-20-17(16(21-3)13-19-20)15(18-2)11-10-14-8-6-5-7-9-14/h13-15,18H,4-12H2,1-3H3. The number of nitrogens with one attached hydrogen (secondary N) is 1. The van der Waals surface area contributed by atoms with Crippen molar-refractivity contribution in [1.29, 1.82) is 0 Å². The molecule has 1 aromatic rings. The summed E-state index contributed by atoms with van der Waals surface area (Å²) in [4.78, 5) is 0. The molecule has 0 aliphatic heterocycles. The van der Waals surface area contributed by atoms with E-state index in [-0.39, 0.29) is 0 Å². The molecule has 0 spiro atoms. The maximum atomic E-state index is 5.52. The number of rotatable bonds is 8. The van der Waals surface area contributed by atoms with Crippen molar-refractivity contribution in [3.05, 3.63) is 11.9 Å². The minimum Gasteiger partial charge on any atom is -0.493 e. The van der Waals surface area contributed by atoms with Crippen molar-refractivity contribution in [2.75, 3.05) is 14.2 Å². The fourth-order valence-electron chi connectivity index (χ4n) is 3.57. The summed E-state index contributed by atoms with van der Waals surface area (Å²) >= 11 is 0. The minimum atomic E-state index is 0.343. The Hall–Kier alpha value is -1.03. The lowest BCUT2D eigenvalue weighted by molar-refractivity contribution is 0.310. The molecule has 0 saturated heterocycles. The van der Waals surface area contributed by atoms with Gasteiger partial charge in [0.05, 0.1) is 25.0 Å². The average Bonchev–Trinajstić information content (AvgIpc) is 2.92. The molecule has 0 aromatic carbocycles. The lowest BCUT2D eigenvalue weighted by Crippen LogP contribution is -2.22. The zero-order valence-corrected chi connectivity index (χ0v) is 13.9. The van der Waals surface area contributed by atoms with Gasteiger partial charge in [-0.15, -0.1) is 0 Å². The number of hydrogen-bond acceptors (Lipinski definition) is 3. The molecular formula is C17H31N3O. The molecule has 1 N–H and O–H groups in total. The molecule has 2 rings (SSSR count). The summed E-state index contributed by atoms with van der Waals surface area (Å²) in [5.74, 6) is 1.84. The van der Waals surface area contributed by atoms with E-state index >= 15 is 0 Å². The topological polar surface area (TPSA) is 39.1 Å². The molecule has 0 bridgehead atoms. The van der Waals surface area contributed by atoms with E-state index in [1.165, 1.54) is 50.6 Å². The van der Waals surface area contributed by atoms with Gasteiger partial charge in [0.1, 0.15) is 0 Å². The Morgan fingerprint density at radius 3 is 2.76 bits per heavy atom. The molecule has 4 nitrogen and oxygen atoms in total. The molecule has 1 unspecified atom stereocenters. The highest BCUT2D eigenvalue weighted by atomic mass is 16.5. The van der Waals surface area contributed by atoms with Gasteiger partial charge in [0.2, 0.25) is 0 Å². The summed E-state index contributed by atoms with van der Waals surface area (Å²) in [6.07, 6.45) is 12.6. The molecule has 1 saturated carbocycles. The van der Waals surface area contributed by atoms with Crippen molar-refractivity contribution in [3.63, 3.8) is 0 Å². The molecule has 120 valence electrons. The van der Waals surface area contributed by atoms with Crippen LogP contribution in [0.1, 0.15) is 70.0 Å². The van der Waals surface area contributed by atoms with Gasteiger partial charge in [0.15, 0.2) is 5.75 Å². The first-order chi connectivity index (χ1) is 10.3. The second-order valence-corrected chi connectivity index (χ2v) is 6.24. The van der Waals surface area contributed by atoms with Crippen LogP contribution in [-0.4, -0.2) is 23.9 Å². The maximum Gasteiger partial charge on any atom is 0.161 e. The lowest BCUT2D eigenvalue weighted by atomic mass is 9.85.